The van der Waals surface area contributed by atoms with Crippen molar-refractivity contribution in [3.63, 3.8) is 0 Å². The summed E-state index contributed by atoms with van der Waals surface area (Å²) < 4.78 is 5.22. The number of nitrogens with zero attached hydrogens (tertiary/aromatic N) is 1. The monoisotopic (exact) mass is 377 g/mol. The Labute approximate surface area is 166 Å². The van der Waals surface area contributed by atoms with E-state index in [-0.39, 0.29) is 18.3 Å². The first-order valence-electron chi connectivity index (χ1n) is 9.66. The number of anilines is 1. The van der Waals surface area contributed by atoms with Gasteiger partial charge in [0.15, 0.2) is 5.78 Å². The van der Waals surface area contributed by atoms with E-state index in [4.69, 9.17) is 4.74 Å². The van der Waals surface area contributed by atoms with E-state index in [9.17, 15) is 9.59 Å². The van der Waals surface area contributed by atoms with Gasteiger partial charge in [-0.25, -0.2) is 0 Å². The highest BCUT2D eigenvalue weighted by Crippen LogP contribution is 2.40. The van der Waals surface area contributed by atoms with Crippen LogP contribution in [0.5, 0.6) is 0 Å². The highest BCUT2D eigenvalue weighted by molar-refractivity contribution is 6.10. The Morgan fingerprint density at radius 3 is 2.29 bits per heavy atom. The normalized spacial score (nSPS) is 19.1. The third-order valence-corrected chi connectivity index (χ3v) is 5.27. The van der Waals surface area contributed by atoms with Crippen LogP contribution in [0.15, 0.2) is 54.6 Å². The summed E-state index contributed by atoms with van der Waals surface area (Å²) in [6.45, 7) is 4.07. The van der Waals surface area contributed by atoms with Crippen molar-refractivity contribution in [3.8, 4) is 0 Å². The molecule has 0 saturated carbocycles. The average molecular weight is 377 g/mol. The second kappa shape index (κ2) is 8.42. The van der Waals surface area contributed by atoms with Crippen LogP contribution in [0.4, 0.5) is 5.69 Å². The minimum absolute atomic E-state index is 0.179. The first-order valence-corrected chi connectivity index (χ1v) is 9.66. The van der Waals surface area contributed by atoms with E-state index >= 15 is 0 Å². The molecule has 0 bridgehead atoms. The fraction of sp³-hybridized carbons (Fsp3) is 0.333. The van der Waals surface area contributed by atoms with Crippen LogP contribution < -0.4 is 4.90 Å². The van der Waals surface area contributed by atoms with E-state index in [0.717, 1.165) is 22.4 Å². The second-order valence-electron chi connectivity index (χ2n) is 7.46. The smallest absolute Gasteiger partial charge is 0.317 e. The molecule has 28 heavy (non-hydrogen) atoms. The molecule has 1 aliphatic carbocycles. The lowest BCUT2D eigenvalue weighted by Crippen LogP contribution is -2.34. The van der Waals surface area contributed by atoms with Gasteiger partial charge in [-0.1, -0.05) is 42.0 Å². The van der Waals surface area contributed by atoms with Crippen LogP contribution >= 0.6 is 0 Å². The minimum Gasteiger partial charge on any atom is -0.465 e. The van der Waals surface area contributed by atoms with Gasteiger partial charge in [0.1, 0.15) is 5.92 Å². The van der Waals surface area contributed by atoms with Gasteiger partial charge in [-0.15, -0.1) is 0 Å². The zero-order valence-electron chi connectivity index (χ0n) is 16.9. The molecule has 0 amide bonds. The van der Waals surface area contributed by atoms with Gasteiger partial charge in [-0.2, -0.15) is 0 Å². The molecule has 0 spiro atoms. The lowest BCUT2D eigenvalue weighted by Gasteiger charge is -2.30. The predicted molar refractivity (Wildman–Crippen MR) is 112 cm³/mol. The Hall–Kier alpha value is -2.88. The minimum atomic E-state index is -0.792. The van der Waals surface area contributed by atoms with Crippen LogP contribution in [0, 0.1) is 12.8 Å². The largest absolute Gasteiger partial charge is 0.465 e. The van der Waals surface area contributed by atoms with E-state index in [1.54, 1.807) is 13.0 Å². The van der Waals surface area contributed by atoms with Crippen LogP contribution in [0.25, 0.3) is 5.57 Å². The molecule has 2 unspecified atom stereocenters. The molecule has 146 valence electrons. The van der Waals surface area contributed by atoms with E-state index in [1.807, 2.05) is 74.4 Å². The summed E-state index contributed by atoms with van der Waals surface area (Å²) in [6.07, 6.45) is 2.25. The Morgan fingerprint density at radius 1 is 1.07 bits per heavy atom. The Kier molecular flexibility index (Phi) is 5.98. The molecule has 0 fully saturated rings. The molecule has 4 nitrogen and oxygen atoms in total. The fourth-order valence-corrected chi connectivity index (χ4v) is 3.68. The standard InChI is InChI=1S/C24H27NO3/c1-5-28-24(27)23-21(18-10-12-20(13-11-18)25(3)4)14-19(15-22(23)26)17-8-6-16(2)7-9-17/h6-13,15,21,23H,5,14H2,1-4H3. The molecule has 0 N–H and O–H groups in total. The Balaban J connectivity index is 1.99. The van der Waals surface area contributed by atoms with Crippen molar-refractivity contribution in [2.75, 3.05) is 25.6 Å². The predicted octanol–water partition coefficient (Wildman–Crippen LogP) is 4.38. The SMILES string of the molecule is CCOC(=O)C1C(=O)C=C(c2ccc(C)cc2)CC1c1ccc(N(C)C)cc1. The summed E-state index contributed by atoms with van der Waals surface area (Å²) in [5, 5.41) is 0. The highest BCUT2D eigenvalue weighted by Gasteiger charge is 2.39. The molecular weight excluding hydrogens is 350 g/mol. The van der Waals surface area contributed by atoms with Gasteiger partial charge in [-0.3, -0.25) is 9.59 Å². The number of ether oxygens (including phenoxy) is 1. The topological polar surface area (TPSA) is 46.6 Å². The molecule has 0 aliphatic heterocycles. The highest BCUT2D eigenvalue weighted by atomic mass is 16.5. The summed E-state index contributed by atoms with van der Waals surface area (Å²) in [6, 6.07) is 16.2. The lowest BCUT2D eigenvalue weighted by molar-refractivity contribution is -0.151. The number of carbonyl (C=O) groups excluding carboxylic acids is 2. The Bertz CT molecular complexity index is 879. The molecule has 2 aromatic carbocycles. The zero-order chi connectivity index (χ0) is 20.3. The Morgan fingerprint density at radius 2 is 1.71 bits per heavy atom. The van der Waals surface area contributed by atoms with Crippen LogP contribution in [0.1, 0.15) is 36.0 Å². The first-order chi connectivity index (χ1) is 13.4. The van der Waals surface area contributed by atoms with E-state index < -0.39 is 11.9 Å². The number of aryl methyl sites for hydroxylation is 1. The lowest BCUT2D eigenvalue weighted by atomic mass is 9.73. The van der Waals surface area contributed by atoms with Crippen molar-refractivity contribution in [2.45, 2.75) is 26.2 Å². The molecule has 3 rings (SSSR count). The van der Waals surface area contributed by atoms with Crippen molar-refractivity contribution in [2.24, 2.45) is 5.92 Å². The third kappa shape index (κ3) is 4.16. The third-order valence-electron chi connectivity index (χ3n) is 5.27. The van der Waals surface area contributed by atoms with E-state index in [0.29, 0.717) is 6.42 Å². The molecule has 0 saturated heterocycles. The van der Waals surface area contributed by atoms with Crippen LogP contribution in [0.3, 0.4) is 0 Å². The van der Waals surface area contributed by atoms with Crippen molar-refractivity contribution < 1.29 is 14.3 Å². The van der Waals surface area contributed by atoms with Gasteiger partial charge in [0, 0.05) is 25.7 Å². The van der Waals surface area contributed by atoms with Crippen LogP contribution in [-0.4, -0.2) is 32.5 Å². The number of rotatable bonds is 5. The average Bonchev–Trinajstić information content (AvgIpc) is 2.68. The molecule has 0 aromatic heterocycles. The van der Waals surface area contributed by atoms with Crippen molar-refractivity contribution in [3.05, 3.63) is 71.3 Å². The van der Waals surface area contributed by atoms with E-state index in [1.165, 1.54) is 5.56 Å². The van der Waals surface area contributed by atoms with Gasteiger partial charge in [0.05, 0.1) is 6.61 Å². The first kappa shape index (κ1) is 19.9. The maximum atomic E-state index is 12.9. The van der Waals surface area contributed by atoms with Crippen molar-refractivity contribution >= 4 is 23.0 Å². The molecule has 2 aromatic rings. The van der Waals surface area contributed by atoms with Crippen molar-refractivity contribution in [1.82, 2.24) is 0 Å². The molecule has 0 radical (unpaired) electrons. The summed E-state index contributed by atoms with van der Waals surface area (Å²) in [7, 11) is 3.97. The van der Waals surface area contributed by atoms with Gasteiger partial charge >= 0.3 is 5.97 Å². The van der Waals surface area contributed by atoms with Crippen molar-refractivity contribution in [1.29, 1.82) is 0 Å². The fourth-order valence-electron chi connectivity index (χ4n) is 3.68. The zero-order valence-corrected chi connectivity index (χ0v) is 16.9. The number of allylic oxidation sites excluding steroid dienone is 2. The summed E-state index contributed by atoms with van der Waals surface area (Å²) in [5.74, 6) is -1.64. The molecule has 1 aliphatic rings. The number of carbonyl (C=O) groups is 2. The van der Waals surface area contributed by atoms with Gasteiger partial charge < -0.3 is 9.64 Å². The van der Waals surface area contributed by atoms with Crippen LogP contribution in [0.2, 0.25) is 0 Å². The molecular formula is C24H27NO3. The maximum Gasteiger partial charge on any atom is 0.317 e. The maximum absolute atomic E-state index is 12.9. The number of benzene rings is 2. The van der Waals surface area contributed by atoms with Gasteiger partial charge in [0.25, 0.3) is 0 Å². The number of ketones is 1. The summed E-state index contributed by atoms with van der Waals surface area (Å²) in [4.78, 5) is 27.5. The number of esters is 1. The van der Waals surface area contributed by atoms with E-state index in [2.05, 4.69) is 0 Å². The van der Waals surface area contributed by atoms with Gasteiger partial charge in [-0.05, 0) is 55.2 Å². The summed E-state index contributed by atoms with van der Waals surface area (Å²) in [5.41, 5.74) is 5.22. The molecule has 2 atom stereocenters. The van der Waals surface area contributed by atoms with Crippen LogP contribution in [-0.2, 0) is 14.3 Å². The quantitative estimate of drug-likeness (QED) is 0.573. The summed E-state index contributed by atoms with van der Waals surface area (Å²) >= 11 is 0. The molecule has 4 heteroatoms. The number of hydrogen-bond acceptors (Lipinski definition) is 4. The number of hydrogen-bond donors (Lipinski definition) is 0. The second-order valence-corrected chi connectivity index (χ2v) is 7.46. The molecule has 0 heterocycles. The van der Waals surface area contributed by atoms with Gasteiger partial charge in [0.2, 0.25) is 0 Å².